The predicted octanol–water partition coefficient (Wildman–Crippen LogP) is 1.34. The number of methoxy groups -OCH3 is 1. The maximum atomic E-state index is 11.6. The van der Waals surface area contributed by atoms with E-state index in [2.05, 4.69) is 29.0 Å². The van der Waals surface area contributed by atoms with Crippen molar-refractivity contribution in [2.24, 2.45) is 5.92 Å². The van der Waals surface area contributed by atoms with E-state index in [1.165, 1.54) is 7.11 Å². The van der Waals surface area contributed by atoms with Gasteiger partial charge in [0.25, 0.3) is 0 Å². The first kappa shape index (κ1) is 13.3. The molecule has 0 aliphatic carbocycles. The molecular formula is C11H20N4O2. The predicted molar refractivity (Wildman–Crippen MR) is 67.0 cm³/mol. The highest BCUT2D eigenvalue weighted by atomic mass is 16.5. The van der Waals surface area contributed by atoms with Crippen LogP contribution in [0.3, 0.4) is 0 Å². The van der Waals surface area contributed by atoms with E-state index in [1.807, 2.05) is 0 Å². The van der Waals surface area contributed by atoms with Crippen LogP contribution in [0.25, 0.3) is 0 Å². The summed E-state index contributed by atoms with van der Waals surface area (Å²) >= 11 is 0. The Morgan fingerprint density at radius 3 is 2.71 bits per heavy atom. The monoisotopic (exact) mass is 240 g/mol. The molecule has 6 heteroatoms. The van der Waals surface area contributed by atoms with Gasteiger partial charge in [0.1, 0.15) is 11.4 Å². The summed E-state index contributed by atoms with van der Waals surface area (Å²) in [6, 6.07) is 0. The van der Waals surface area contributed by atoms with Gasteiger partial charge in [-0.2, -0.15) is 5.10 Å². The van der Waals surface area contributed by atoms with Crippen LogP contribution in [0, 0.1) is 5.92 Å². The van der Waals surface area contributed by atoms with Crippen molar-refractivity contribution in [2.45, 2.75) is 26.8 Å². The maximum absolute atomic E-state index is 11.6. The SMILES string of the molecule is CNc1nn(CCC(C)C)c(N)c1C(=O)OC. The van der Waals surface area contributed by atoms with Crippen LogP contribution < -0.4 is 11.1 Å². The number of carbonyl (C=O) groups is 1. The van der Waals surface area contributed by atoms with Gasteiger partial charge in [-0.15, -0.1) is 0 Å². The molecule has 0 amide bonds. The Morgan fingerprint density at radius 2 is 2.24 bits per heavy atom. The zero-order valence-corrected chi connectivity index (χ0v) is 10.8. The lowest BCUT2D eigenvalue weighted by Gasteiger charge is -2.06. The van der Waals surface area contributed by atoms with E-state index in [4.69, 9.17) is 5.73 Å². The lowest BCUT2D eigenvalue weighted by molar-refractivity contribution is 0.0603. The highest BCUT2D eigenvalue weighted by molar-refractivity contribution is 5.99. The van der Waals surface area contributed by atoms with Crippen LogP contribution in [0.15, 0.2) is 0 Å². The van der Waals surface area contributed by atoms with E-state index < -0.39 is 5.97 Å². The topological polar surface area (TPSA) is 82.2 Å². The molecular weight excluding hydrogens is 220 g/mol. The molecule has 0 unspecified atom stereocenters. The standard InChI is InChI=1S/C11H20N4O2/c1-7(2)5-6-15-9(12)8(11(16)17-4)10(13-3)14-15/h7H,5-6,12H2,1-4H3,(H,13,14). The number of anilines is 2. The van der Waals surface area contributed by atoms with Crippen LogP contribution in [0.1, 0.15) is 30.6 Å². The third-order valence-electron chi connectivity index (χ3n) is 2.54. The number of hydrogen-bond acceptors (Lipinski definition) is 5. The fraction of sp³-hybridized carbons (Fsp3) is 0.636. The molecule has 17 heavy (non-hydrogen) atoms. The number of nitrogen functional groups attached to an aromatic ring is 1. The van der Waals surface area contributed by atoms with Crippen molar-refractivity contribution in [1.82, 2.24) is 9.78 Å². The van der Waals surface area contributed by atoms with Crippen LogP contribution in [0.2, 0.25) is 0 Å². The highest BCUT2D eigenvalue weighted by Gasteiger charge is 2.21. The molecule has 0 aromatic carbocycles. The molecule has 1 aromatic heterocycles. The summed E-state index contributed by atoms with van der Waals surface area (Å²) in [6.07, 6.45) is 0.954. The number of hydrogen-bond donors (Lipinski definition) is 2. The minimum Gasteiger partial charge on any atom is -0.465 e. The molecule has 0 saturated carbocycles. The van der Waals surface area contributed by atoms with Gasteiger partial charge in [-0.3, -0.25) is 0 Å². The number of nitrogens with one attached hydrogen (secondary N) is 1. The van der Waals surface area contributed by atoms with Crippen molar-refractivity contribution >= 4 is 17.6 Å². The van der Waals surface area contributed by atoms with Gasteiger partial charge in [0.15, 0.2) is 5.82 Å². The first-order valence-electron chi connectivity index (χ1n) is 5.63. The molecule has 0 aliphatic heterocycles. The van der Waals surface area contributed by atoms with Crippen LogP contribution in [-0.2, 0) is 11.3 Å². The minimum absolute atomic E-state index is 0.304. The molecule has 3 N–H and O–H groups in total. The fourth-order valence-corrected chi connectivity index (χ4v) is 1.50. The van der Waals surface area contributed by atoms with Crippen molar-refractivity contribution in [3.63, 3.8) is 0 Å². The number of esters is 1. The second-order valence-corrected chi connectivity index (χ2v) is 4.26. The van der Waals surface area contributed by atoms with Gasteiger partial charge in [-0.25, -0.2) is 9.48 Å². The van der Waals surface area contributed by atoms with Gasteiger partial charge in [-0.1, -0.05) is 13.8 Å². The summed E-state index contributed by atoms with van der Waals surface area (Å²) in [6.45, 7) is 4.94. The maximum Gasteiger partial charge on any atom is 0.345 e. The van der Waals surface area contributed by atoms with E-state index >= 15 is 0 Å². The molecule has 0 aliphatic rings. The molecule has 0 saturated heterocycles. The summed E-state index contributed by atoms with van der Waals surface area (Å²) in [5.41, 5.74) is 6.21. The summed E-state index contributed by atoms with van der Waals surface area (Å²) in [5, 5.41) is 7.10. The van der Waals surface area contributed by atoms with Crippen molar-refractivity contribution in [1.29, 1.82) is 0 Å². The zero-order valence-electron chi connectivity index (χ0n) is 10.8. The first-order valence-corrected chi connectivity index (χ1v) is 5.63. The summed E-state index contributed by atoms with van der Waals surface area (Å²) < 4.78 is 6.32. The Hall–Kier alpha value is -1.72. The molecule has 0 spiro atoms. The second kappa shape index (κ2) is 5.56. The number of rotatable bonds is 5. The fourth-order valence-electron chi connectivity index (χ4n) is 1.50. The molecule has 0 bridgehead atoms. The highest BCUT2D eigenvalue weighted by Crippen LogP contribution is 2.22. The smallest absolute Gasteiger partial charge is 0.345 e. The average Bonchev–Trinajstić information content (AvgIpc) is 2.62. The number of nitrogens with two attached hydrogens (primary N) is 1. The number of carbonyl (C=O) groups excluding carboxylic acids is 1. The molecule has 1 heterocycles. The largest absolute Gasteiger partial charge is 0.465 e. The summed E-state index contributed by atoms with van der Waals surface area (Å²) in [4.78, 5) is 11.6. The van der Waals surface area contributed by atoms with Crippen molar-refractivity contribution in [2.75, 3.05) is 25.2 Å². The normalized spacial score (nSPS) is 10.6. The summed E-state index contributed by atoms with van der Waals surface area (Å²) in [5.74, 6) is 0.890. The number of nitrogens with zero attached hydrogens (tertiary/aromatic N) is 2. The van der Waals surface area contributed by atoms with Gasteiger partial charge in [0.05, 0.1) is 7.11 Å². The van der Waals surface area contributed by atoms with Crippen LogP contribution in [-0.4, -0.2) is 29.9 Å². The van der Waals surface area contributed by atoms with Crippen molar-refractivity contribution in [3.05, 3.63) is 5.56 Å². The van der Waals surface area contributed by atoms with E-state index in [-0.39, 0.29) is 0 Å². The Kier molecular flexibility index (Phi) is 4.37. The van der Waals surface area contributed by atoms with Gasteiger partial charge < -0.3 is 15.8 Å². The van der Waals surface area contributed by atoms with Gasteiger partial charge in [0.2, 0.25) is 0 Å². The van der Waals surface area contributed by atoms with Crippen LogP contribution >= 0.6 is 0 Å². The molecule has 1 rings (SSSR count). The van der Waals surface area contributed by atoms with Gasteiger partial charge in [0, 0.05) is 13.6 Å². The number of aryl methyl sites for hydroxylation is 1. The van der Waals surface area contributed by atoms with Gasteiger partial charge in [-0.05, 0) is 12.3 Å². The van der Waals surface area contributed by atoms with E-state index in [0.717, 1.165) is 6.42 Å². The Balaban J connectivity index is 3.01. The zero-order chi connectivity index (χ0) is 13.0. The second-order valence-electron chi connectivity index (χ2n) is 4.26. The Labute approximate surface area is 101 Å². The number of ether oxygens (including phenoxy) is 1. The Bertz CT molecular complexity index is 398. The van der Waals surface area contributed by atoms with Gasteiger partial charge >= 0.3 is 5.97 Å². The molecule has 6 nitrogen and oxygen atoms in total. The average molecular weight is 240 g/mol. The number of aromatic nitrogens is 2. The van der Waals surface area contributed by atoms with E-state index in [9.17, 15) is 4.79 Å². The van der Waals surface area contributed by atoms with Crippen LogP contribution in [0.4, 0.5) is 11.6 Å². The van der Waals surface area contributed by atoms with Crippen molar-refractivity contribution < 1.29 is 9.53 Å². The van der Waals surface area contributed by atoms with E-state index in [1.54, 1.807) is 11.7 Å². The van der Waals surface area contributed by atoms with E-state index in [0.29, 0.717) is 29.7 Å². The quantitative estimate of drug-likeness (QED) is 0.759. The molecule has 0 atom stereocenters. The van der Waals surface area contributed by atoms with Crippen LogP contribution in [0.5, 0.6) is 0 Å². The summed E-state index contributed by atoms with van der Waals surface area (Å²) in [7, 11) is 3.02. The third-order valence-corrected chi connectivity index (χ3v) is 2.54. The molecule has 0 radical (unpaired) electrons. The first-order chi connectivity index (χ1) is 8.01. The Morgan fingerprint density at radius 1 is 1.59 bits per heavy atom. The third kappa shape index (κ3) is 2.89. The lowest BCUT2D eigenvalue weighted by Crippen LogP contribution is -2.10. The minimum atomic E-state index is -0.470. The lowest BCUT2D eigenvalue weighted by atomic mass is 10.1. The van der Waals surface area contributed by atoms with Crippen molar-refractivity contribution in [3.8, 4) is 0 Å². The molecule has 1 aromatic rings. The molecule has 96 valence electrons. The molecule has 0 fully saturated rings.